The summed E-state index contributed by atoms with van der Waals surface area (Å²) in [4.78, 5) is 11.4. The summed E-state index contributed by atoms with van der Waals surface area (Å²) in [6.07, 6.45) is 2.06. The molecule has 0 bridgehead atoms. The third kappa shape index (κ3) is 3.28. The van der Waals surface area contributed by atoms with Gasteiger partial charge in [0.05, 0.1) is 6.54 Å². The fourth-order valence-electron chi connectivity index (χ4n) is 1.95. The molecule has 0 radical (unpaired) electrons. The molecule has 0 spiro atoms. The van der Waals surface area contributed by atoms with E-state index < -0.39 is 0 Å². The number of Topliss-reactive ketones (excluding diaryl/α,β-unsaturated/α-hetero) is 1. The van der Waals surface area contributed by atoms with Crippen LogP contribution < -0.4 is 11.1 Å². The van der Waals surface area contributed by atoms with Gasteiger partial charge in [0.15, 0.2) is 5.78 Å². The molecule has 1 aromatic carbocycles. The molecule has 1 aliphatic heterocycles. The standard InChI is InChI=1S/C13H18N2O2/c14-9-13(16)10-1-3-11(4-2-10)15-12-5-7-17-8-6-12/h1-4,12,15H,5-9,14H2. The SMILES string of the molecule is NCC(=O)c1ccc(NC2CCOCC2)cc1. The van der Waals surface area contributed by atoms with Gasteiger partial charge in [0.1, 0.15) is 0 Å². The Kier molecular flexibility index (Phi) is 4.12. The molecule has 1 fully saturated rings. The summed E-state index contributed by atoms with van der Waals surface area (Å²) < 4.78 is 5.30. The highest BCUT2D eigenvalue weighted by atomic mass is 16.5. The second kappa shape index (κ2) is 5.80. The molecule has 1 saturated heterocycles. The van der Waals surface area contributed by atoms with Crippen LogP contribution in [-0.2, 0) is 4.74 Å². The zero-order valence-electron chi connectivity index (χ0n) is 9.82. The van der Waals surface area contributed by atoms with E-state index in [4.69, 9.17) is 10.5 Å². The molecule has 2 rings (SSSR count). The van der Waals surface area contributed by atoms with E-state index in [1.54, 1.807) is 0 Å². The number of ether oxygens (including phenoxy) is 1. The van der Waals surface area contributed by atoms with Gasteiger partial charge in [-0.15, -0.1) is 0 Å². The molecule has 0 aromatic heterocycles. The van der Waals surface area contributed by atoms with Crippen LogP contribution >= 0.6 is 0 Å². The second-order valence-electron chi connectivity index (χ2n) is 4.24. The van der Waals surface area contributed by atoms with Gasteiger partial charge in [-0.1, -0.05) is 0 Å². The zero-order chi connectivity index (χ0) is 12.1. The lowest BCUT2D eigenvalue weighted by Crippen LogP contribution is -2.27. The van der Waals surface area contributed by atoms with E-state index >= 15 is 0 Å². The first-order valence-corrected chi connectivity index (χ1v) is 5.97. The molecule has 1 aromatic rings. The fourth-order valence-corrected chi connectivity index (χ4v) is 1.95. The number of rotatable bonds is 4. The monoisotopic (exact) mass is 234 g/mol. The minimum Gasteiger partial charge on any atom is -0.382 e. The second-order valence-corrected chi connectivity index (χ2v) is 4.24. The number of anilines is 1. The quantitative estimate of drug-likeness (QED) is 0.773. The van der Waals surface area contributed by atoms with Crippen molar-refractivity contribution in [3.63, 3.8) is 0 Å². The Bertz CT molecular complexity index is 370. The average molecular weight is 234 g/mol. The van der Waals surface area contributed by atoms with Crippen LogP contribution in [0.3, 0.4) is 0 Å². The molecule has 92 valence electrons. The zero-order valence-corrected chi connectivity index (χ0v) is 9.82. The molecule has 0 atom stereocenters. The molecule has 0 amide bonds. The summed E-state index contributed by atoms with van der Waals surface area (Å²) >= 11 is 0. The van der Waals surface area contributed by atoms with Crippen molar-refractivity contribution in [1.82, 2.24) is 0 Å². The number of hydrogen-bond acceptors (Lipinski definition) is 4. The topological polar surface area (TPSA) is 64.4 Å². The average Bonchev–Trinajstić information content (AvgIpc) is 2.40. The summed E-state index contributed by atoms with van der Waals surface area (Å²) in [5.74, 6) is -0.0254. The number of carbonyl (C=O) groups is 1. The molecule has 1 aliphatic rings. The molecule has 0 aliphatic carbocycles. The summed E-state index contributed by atoms with van der Waals surface area (Å²) in [5, 5.41) is 3.44. The van der Waals surface area contributed by atoms with E-state index in [9.17, 15) is 4.79 Å². The van der Waals surface area contributed by atoms with Gasteiger partial charge in [-0.2, -0.15) is 0 Å². The molecule has 0 unspecified atom stereocenters. The minimum atomic E-state index is -0.0254. The summed E-state index contributed by atoms with van der Waals surface area (Å²) in [7, 11) is 0. The largest absolute Gasteiger partial charge is 0.382 e. The van der Waals surface area contributed by atoms with Gasteiger partial charge >= 0.3 is 0 Å². The molecule has 0 saturated carbocycles. The highest BCUT2D eigenvalue weighted by molar-refractivity contribution is 5.97. The van der Waals surface area contributed by atoms with E-state index in [1.165, 1.54) is 0 Å². The molecule has 1 heterocycles. The molecular weight excluding hydrogens is 216 g/mol. The maximum Gasteiger partial charge on any atom is 0.176 e. The summed E-state index contributed by atoms with van der Waals surface area (Å²) in [6.45, 7) is 1.70. The number of ketones is 1. The molecule has 3 N–H and O–H groups in total. The van der Waals surface area contributed by atoms with Gasteiger partial charge in [-0.05, 0) is 37.1 Å². The predicted octanol–water partition coefficient (Wildman–Crippen LogP) is 1.42. The van der Waals surface area contributed by atoms with Gasteiger partial charge in [0.2, 0.25) is 0 Å². The minimum absolute atomic E-state index is 0.0254. The maximum atomic E-state index is 11.4. The number of hydrogen-bond donors (Lipinski definition) is 2. The fraction of sp³-hybridized carbons (Fsp3) is 0.462. The van der Waals surface area contributed by atoms with E-state index in [0.717, 1.165) is 31.7 Å². The lowest BCUT2D eigenvalue weighted by atomic mass is 10.1. The Morgan fingerprint density at radius 2 is 1.94 bits per heavy atom. The Morgan fingerprint density at radius 3 is 2.53 bits per heavy atom. The molecule has 17 heavy (non-hydrogen) atoms. The first-order valence-electron chi connectivity index (χ1n) is 5.97. The van der Waals surface area contributed by atoms with Crippen LogP contribution in [-0.4, -0.2) is 31.6 Å². The van der Waals surface area contributed by atoms with Crippen molar-refractivity contribution in [3.05, 3.63) is 29.8 Å². The Hall–Kier alpha value is -1.39. The van der Waals surface area contributed by atoms with Crippen LogP contribution in [0.15, 0.2) is 24.3 Å². The van der Waals surface area contributed by atoms with E-state index in [0.29, 0.717) is 11.6 Å². The third-order valence-corrected chi connectivity index (χ3v) is 2.98. The number of nitrogens with two attached hydrogens (primary N) is 1. The van der Waals surface area contributed by atoms with Crippen LogP contribution in [0.5, 0.6) is 0 Å². The van der Waals surface area contributed by atoms with Crippen LogP contribution in [0.2, 0.25) is 0 Å². The van der Waals surface area contributed by atoms with Crippen LogP contribution in [0.4, 0.5) is 5.69 Å². The van der Waals surface area contributed by atoms with Crippen molar-refractivity contribution < 1.29 is 9.53 Å². The van der Waals surface area contributed by atoms with Crippen molar-refractivity contribution in [2.75, 3.05) is 25.1 Å². The number of nitrogens with one attached hydrogen (secondary N) is 1. The first-order chi connectivity index (χ1) is 8.29. The normalized spacial score (nSPS) is 16.8. The summed E-state index contributed by atoms with van der Waals surface area (Å²) in [6, 6.07) is 7.96. The number of benzene rings is 1. The first kappa shape index (κ1) is 12.1. The van der Waals surface area contributed by atoms with Crippen molar-refractivity contribution in [2.24, 2.45) is 5.73 Å². The van der Waals surface area contributed by atoms with Gasteiger partial charge in [0, 0.05) is 30.5 Å². The Labute approximate surface area is 101 Å². The van der Waals surface area contributed by atoms with Crippen LogP contribution in [0.25, 0.3) is 0 Å². The van der Waals surface area contributed by atoms with Gasteiger partial charge < -0.3 is 15.8 Å². The van der Waals surface area contributed by atoms with Crippen molar-refractivity contribution in [3.8, 4) is 0 Å². The molecule has 4 heteroatoms. The van der Waals surface area contributed by atoms with Gasteiger partial charge in [-0.25, -0.2) is 0 Å². The van der Waals surface area contributed by atoms with E-state index in [2.05, 4.69) is 5.32 Å². The van der Waals surface area contributed by atoms with Gasteiger partial charge in [-0.3, -0.25) is 4.79 Å². The smallest absolute Gasteiger partial charge is 0.176 e. The Balaban J connectivity index is 1.95. The number of carbonyl (C=O) groups excluding carboxylic acids is 1. The van der Waals surface area contributed by atoms with E-state index in [1.807, 2.05) is 24.3 Å². The molecule has 4 nitrogen and oxygen atoms in total. The maximum absolute atomic E-state index is 11.4. The van der Waals surface area contributed by atoms with Crippen LogP contribution in [0.1, 0.15) is 23.2 Å². The molecular formula is C13H18N2O2. The van der Waals surface area contributed by atoms with Gasteiger partial charge in [0.25, 0.3) is 0 Å². The lowest BCUT2D eigenvalue weighted by molar-refractivity contribution is 0.0904. The third-order valence-electron chi connectivity index (χ3n) is 2.98. The van der Waals surface area contributed by atoms with Crippen molar-refractivity contribution in [2.45, 2.75) is 18.9 Å². The predicted molar refractivity (Wildman–Crippen MR) is 67.3 cm³/mol. The van der Waals surface area contributed by atoms with E-state index in [-0.39, 0.29) is 12.3 Å². The van der Waals surface area contributed by atoms with Crippen LogP contribution in [0, 0.1) is 0 Å². The lowest BCUT2D eigenvalue weighted by Gasteiger charge is -2.24. The highest BCUT2D eigenvalue weighted by Gasteiger charge is 2.13. The Morgan fingerprint density at radius 1 is 1.29 bits per heavy atom. The van der Waals surface area contributed by atoms with Crippen molar-refractivity contribution in [1.29, 1.82) is 0 Å². The highest BCUT2D eigenvalue weighted by Crippen LogP contribution is 2.15. The van der Waals surface area contributed by atoms with Crippen molar-refractivity contribution >= 4 is 11.5 Å². The summed E-state index contributed by atoms with van der Waals surface area (Å²) in [5.41, 5.74) is 7.03.